The van der Waals surface area contributed by atoms with Gasteiger partial charge in [-0.3, -0.25) is 9.78 Å². The summed E-state index contributed by atoms with van der Waals surface area (Å²) < 4.78 is 1.01. The highest BCUT2D eigenvalue weighted by molar-refractivity contribution is 7.99. The quantitative estimate of drug-likeness (QED) is 0.714. The predicted octanol–water partition coefficient (Wildman–Crippen LogP) is 2.81. The third kappa shape index (κ3) is 3.35. The van der Waals surface area contributed by atoms with Crippen LogP contribution in [-0.2, 0) is 0 Å². The van der Waals surface area contributed by atoms with Gasteiger partial charge in [0.05, 0.1) is 10.9 Å². The van der Waals surface area contributed by atoms with E-state index in [1.807, 2.05) is 31.2 Å². The summed E-state index contributed by atoms with van der Waals surface area (Å²) in [6.45, 7) is 1.97. The minimum atomic E-state index is -0.241. The molecule has 3 rings (SSSR count). The Morgan fingerprint density at radius 1 is 1.14 bits per heavy atom. The fraction of sp³-hybridized carbons (Fsp3) is 0.0714. The molecule has 2 aromatic heterocycles. The van der Waals surface area contributed by atoms with Gasteiger partial charge in [-0.25, -0.2) is 9.66 Å². The Balaban J connectivity index is 0.00000121. The Hall–Kier alpha value is -1.76. The van der Waals surface area contributed by atoms with Crippen LogP contribution in [0.15, 0.2) is 57.6 Å². The van der Waals surface area contributed by atoms with Crippen molar-refractivity contribution in [1.82, 2.24) is 14.6 Å². The van der Waals surface area contributed by atoms with Crippen LogP contribution >= 0.6 is 36.6 Å². The number of aromatic nitrogens is 3. The van der Waals surface area contributed by atoms with Gasteiger partial charge in [0.1, 0.15) is 6.33 Å². The zero-order chi connectivity index (χ0) is 14.1. The van der Waals surface area contributed by atoms with Gasteiger partial charge in [0, 0.05) is 22.2 Å². The van der Waals surface area contributed by atoms with Crippen LogP contribution in [0.1, 0.15) is 5.56 Å². The molecule has 116 valence electrons. The molecule has 0 aliphatic carbocycles. The van der Waals surface area contributed by atoms with Crippen molar-refractivity contribution in [2.75, 3.05) is 5.84 Å². The van der Waals surface area contributed by atoms with Crippen LogP contribution in [0.2, 0.25) is 0 Å². The van der Waals surface area contributed by atoms with E-state index in [0.29, 0.717) is 10.9 Å². The summed E-state index contributed by atoms with van der Waals surface area (Å²) in [5.41, 5.74) is 1.43. The molecule has 0 atom stereocenters. The zero-order valence-corrected chi connectivity index (χ0v) is 14.0. The first-order chi connectivity index (χ1) is 9.66. The number of nitrogens with zero attached hydrogens (tertiary/aromatic N) is 3. The molecule has 2 heterocycles. The Kier molecular flexibility index (Phi) is 6.22. The van der Waals surface area contributed by atoms with Crippen molar-refractivity contribution in [3.63, 3.8) is 0 Å². The van der Waals surface area contributed by atoms with E-state index in [-0.39, 0.29) is 30.4 Å². The standard InChI is InChI=1S/C14H12N4OS.2ClH/c1-9-2-3-11-12(14(19)18(15)8-17-11)13(9)20-10-4-6-16-7-5-10;;/h2-8H,15H2,1H3;2*1H. The van der Waals surface area contributed by atoms with Gasteiger partial charge < -0.3 is 5.84 Å². The Morgan fingerprint density at radius 3 is 2.50 bits per heavy atom. The molecule has 3 aromatic rings. The monoisotopic (exact) mass is 356 g/mol. The number of aryl methyl sites for hydroxylation is 1. The third-order valence-electron chi connectivity index (χ3n) is 2.97. The molecule has 0 unspecified atom stereocenters. The molecule has 0 bridgehead atoms. The minimum Gasteiger partial charge on any atom is -0.335 e. The van der Waals surface area contributed by atoms with Gasteiger partial charge in [-0.05, 0) is 30.7 Å². The minimum absolute atomic E-state index is 0. The number of pyridine rings is 1. The molecule has 1 aromatic carbocycles. The van der Waals surface area contributed by atoms with Crippen molar-refractivity contribution in [2.24, 2.45) is 0 Å². The number of fused-ring (bicyclic) bond motifs is 1. The Morgan fingerprint density at radius 2 is 1.82 bits per heavy atom. The number of halogens is 2. The number of nitrogens with two attached hydrogens (primary N) is 1. The lowest BCUT2D eigenvalue weighted by molar-refractivity contribution is 0.909. The van der Waals surface area contributed by atoms with Crippen molar-refractivity contribution < 1.29 is 0 Å². The highest BCUT2D eigenvalue weighted by atomic mass is 35.5. The number of benzene rings is 1. The number of rotatable bonds is 2. The second kappa shape index (κ2) is 7.49. The first kappa shape index (κ1) is 18.3. The molecule has 0 saturated heterocycles. The summed E-state index contributed by atoms with van der Waals surface area (Å²) in [4.78, 5) is 22.3. The van der Waals surface area contributed by atoms with E-state index < -0.39 is 0 Å². The molecule has 8 heteroatoms. The molecule has 5 nitrogen and oxygen atoms in total. The molecular weight excluding hydrogens is 343 g/mol. The Labute approximate surface area is 143 Å². The molecule has 0 saturated carbocycles. The SMILES string of the molecule is Cc1ccc2ncn(N)c(=O)c2c1Sc1ccncc1.Cl.Cl. The van der Waals surface area contributed by atoms with Crippen molar-refractivity contribution in [1.29, 1.82) is 0 Å². The molecule has 2 N–H and O–H groups in total. The van der Waals surface area contributed by atoms with Gasteiger partial charge in [-0.2, -0.15) is 0 Å². The van der Waals surface area contributed by atoms with Crippen molar-refractivity contribution in [2.45, 2.75) is 16.7 Å². The van der Waals surface area contributed by atoms with E-state index >= 15 is 0 Å². The number of nitrogen functional groups attached to an aromatic ring is 1. The van der Waals surface area contributed by atoms with Gasteiger partial charge >= 0.3 is 0 Å². The summed E-state index contributed by atoms with van der Waals surface area (Å²) in [7, 11) is 0. The third-order valence-corrected chi connectivity index (χ3v) is 4.21. The van der Waals surface area contributed by atoms with Crippen molar-refractivity contribution in [3.05, 3.63) is 58.9 Å². The molecule has 22 heavy (non-hydrogen) atoms. The maximum atomic E-state index is 12.3. The summed E-state index contributed by atoms with van der Waals surface area (Å²) >= 11 is 1.52. The number of hydrogen-bond acceptors (Lipinski definition) is 5. The van der Waals surface area contributed by atoms with Crippen LogP contribution in [0.4, 0.5) is 0 Å². The lowest BCUT2D eigenvalue weighted by Crippen LogP contribution is -2.27. The van der Waals surface area contributed by atoms with Crippen LogP contribution in [0.5, 0.6) is 0 Å². The van der Waals surface area contributed by atoms with E-state index in [1.165, 1.54) is 18.1 Å². The molecule has 0 amide bonds. The van der Waals surface area contributed by atoms with Gasteiger partial charge in [-0.15, -0.1) is 24.8 Å². The van der Waals surface area contributed by atoms with E-state index in [1.54, 1.807) is 12.4 Å². The van der Waals surface area contributed by atoms with E-state index in [0.717, 1.165) is 20.0 Å². The smallest absolute Gasteiger partial charge is 0.280 e. The van der Waals surface area contributed by atoms with Gasteiger partial charge in [0.2, 0.25) is 0 Å². The second-order valence-electron chi connectivity index (χ2n) is 4.35. The maximum Gasteiger partial charge on any atom is 0.280 e. The molecule has 0 fully saturated rings. The van der Waals surface area contributed by atoms with Gasteiger partial charge in [0.25, 0.3) is 5.56 Å². The summed E-state index contributed by atoms with van der Waals surface area (Å²) in [5, 5.41) is 0.553. The summed E-state index contributed by atoms with van der Waals surface area (Å²) in [6, 6.07) is 7.60. The molecule has 0 aliphatic rings. The van der Waals surface area contributed by atoms with E-state index in [9.17, 15) is 4.79 Å². The van der Waals surface area contributed by atoms with Crippen LogP contribution in [0.25, 0.3) is 10.9 Å². The van der Waals surface area contributed by atoms with Crippen molar-refractivity contribution in [3.8, 4) is 0 Å². The van der Waals surface area contributed by atoms with Gasteiger partial charge in [0.15, 0.2) is 0 Å². The zero-order valence-electron chi connectivity index (χ0n) is 11.6. The van der Waals surface area contributed by atoms with Crippen LogP contribution in [0.3, 0.4) is 0 Å². The molecular formula is C14H14Cl2N4OS. The summed E-state index contributed by atoms with van der Waals surface area (Å²) in [6.07, 6.45) is 4.78. The Bertz CT molecular complexity index is 834. The number of hydrogen-bond donors (Lipinski definition) is 1. The average molecular weight is 357 g/mol. The predicted molar refractivity (Wildman–Crippen MR) is 93.7 cm³/mol. The van der Waals surface area contributed by atoms with Gasteiger partial charge in [-0.1, -0.05) is 17.8 Å². The first-order valence-electron chi connectivity index (χ1n) is 6.01. The van der Waals surface area contributed by atoms with Crippen molar-refractivity contribution >= 4 is 47.5 Å². The second-order valence-corrected chi connectivity index (χ2v) is 5.43. The maximum absolute atomic E-state index is 12.3. The lowest BCUT2D eigenvalue weighted by atomic mass is 10.1. The topological polar surface area (TPSA) is 73.8 Å². The highest BCUT2D eigenvalue weighted by Gasteiger charge is 2.12. The van der Waals surface area contributed by atoms with Crippen LogP contribution in [-0.4, -0.2) is 14.6 Å². The largest absolute Gasteiger partial charge is 0.335 e. The van der Waals surface area contributed by atoms with E-state index in [2.05, 4.69) is 9.97 Å². The van der Waals surface area contributed by atoms with Crippen LogP contribution in [0, 0.1) is 6.92 Å². The van der Waals surface area contributed by atoms with E-state index in [4.69, 9.17) is 5.84 Å². The lowest BCUT2D eigenvalue weighted by Gasteiger charge is -2.09. The summed E-state index contributed by atoms with van der Waals surface area (Å²) in [5.74, 6) is 5.62. The molecule has 0 spiro atoms. The fourth-order valence-electron chi connectivity index (χ4n) is 1.95. The molecule has 0 aliphatic heterocycles. The molecule has 0 radical (unpaired) electrons. The first-order valence-corrected chi connectivity index (χ1v) is 6.82. The normalized spacial score (nSPS) is 9.86. The van der Waals surface area contributed by atoms with Crippen LogP contribution < -0.4 is 11.4 Å². The fourth-order valence-corrected chi connectivity index (χ4v) is 2.97. The average Bonchev–Trinajstić information content (AvgIpc) is 2.47. The highest BCUT2D eigenvalue weighted by Crippen LogP contribution is 2.33.